The Morgan fingerprint density at radius 3 is 2.65 bits per heavy atom. The number of nitrogens with zero attached hydrogens (tertiary/aromatic N) is 1. The SMILES string of the molecule is CCC(CCO)Nc1cccc(OC(C)C)c1[N+](=O)[O-]. The first kappa shape index (κ1) is 16.2. The van der Waals surface area contributed by atoms with Gasteiger partial charge in [0, 0.05) is 12.6 Å². The molecule has 0 radical (unpaired) electrons. The van der Waals surface area contributed by atoms with Gasteiger partial charge in [-0.15, -0.1) is 0 Å². The number of ether oxygens (including phenoxy) is 1. The largest absolute Gasteiger partial charge is 0.484 e. The molecule has 1 atom stereocenters. The van der Waals surface area contributed by atoms with Gasteiger partial charge in [0.15, 0.2) is 5.75 Å². The maximum absolute atomic E-state index is 11.3. The third-order valence-corrected chi connectivity index (χ3v) is 2.87. The van der Waals surface area contributed by atoms with E-state index in [1.165, 1.54) is 0 Å². The van der Waals surface area contributed by atoms with Gasteiger partial charge in [-0.05, 0) is 38.8 Å². The molecule has 0 spiro atoms. The average molecular weight is 282 g/mol. The highest BCUT2D eigenvalue weighted by Crippen LogP contribution is 2.36. The first-order chi connectivity index (χ1) is 9.49. The van der Waals surface area contributed by atoms with E-state index in [0.29, 0.717) is 12.1 Å². The molecule has 1 rings (SSSR count). The lowest BCUT2D eigenvalue weighted by molar-refractivity contribution is -0.385. The van der Waals surface area contributed by atoms with E-state index in [4.69, 9.17) is 9.84 Å². The molecule has 1 aromatic rings. The van der Waals surface area contributed by atoms with Crippen LogP contribution in [0.5, 0.6) is 5.75 Å². The summed E-state index contributed by atoms with van der Waals surface area (Å²) in [5, 5.41) is 23.4. The van der Waals surface area contributed by atoms with Crippen LogP contribution < -0.4 is 10.1 Å². The quantitative estimate of drug-likeness (QED) is 0.565. The smallest absolute Gasteiger partial charge is 0.333 e. The van der Waals surface area contributed by atoms with Crippen LogP contribution in [0.25, 0.3) is 0 Å². The summed E-state index contributed by atoms with van der Waals surface area (Å²) in [7, 11) is 0. The van der Waals surface area contributed by atoms with Crippen molar-refractivity contribution in [2.45, 2.75) is 45.8 Å². The van der Waals surface area contributed by atoms with Crippen molar-refractivity contribution in [1.82, 2.24) is 0 Å². The molecule has 0 aliphatic rings. The zero-order valence-electron chi connectivity index (χ0n) is 12.1. The molecular formula is C14H22N2O4. The average Bonchev–Trinajstić information content (AvgIpc) is 2.37. The van der Waals surface area contributed by atoms with Crippen LogP contribution in [0.4, 0.5) is 11.4 Å². The minimum Gasteiger partial charge on any atom is -0.484 e. The Morgan fingerprint density at radius 1 is 1.45 bits per heavy atom. The number of para-hydroxylation sites is 1. The molecule has 0 aliphatic heterocycles. The number of aliphatic hydroxyl groups excluding tert-OH is 1. The van der Waals surface area contributed by atoms with Gasteiger partial charge in [-0.2, -0.15) is 0 Å². The summed E-state index contributed by atoms with van der Waals surface area (Å²) in [5.74, 6) is 0.258. The van der Waals surface area contributed by atoms with Crippen LogP contribution in [0.3, 0.4) is 0 Å². The second kappa shape index (κ2) is 7.69. The van der Waals surface area contributed by atoms with Crippen LogP contribution in [0.1, 0.15) is 33.6 Å². The maximum Gasteiger partial charge on any atom is 0.333 e. The number of anilines is 1. The minimum atomic E-state index is -0.439. The van der Waals surface area contributed by atoms with Crippen LogP contribution in [0.2, 0.25) is 0 Å². The van der Waals surface area contributed by atoms with Crippen molar-refractivity contribution in [3.63, 3.8) is 0 Å². The summed E-state index contributed by atoms with van der Waals surface area (Å²) in [4.78, 5) is 10.8. The molecule has 6 nitrogen and oxygen atoms in total. The molecule has 2 N–H and O–H groups in total. The van der Waals surface area contributed by atoms with E-state index in [-0.39, 0.29) is 30.2 Å². The van der Waals surface area contributed by atoms with Gasteiger partial charge in [0.1, 0.15) is 5.69 Å². The van der Waals surface area contributed by atoms with Gasteiger partial charge in [-0.25, -0.2) is 0 Å². The third kappa shape index (κ3) is 4.38. The summed E-state index contributed by atoms with van der Waals surface area (Å²) < 4.78 is 5.49. The predicted molar refractivity (Wildman–Crippen MR) is 78.3 cm³/mol. The van der Waals surface area contributed by atoms with Crippen molar-refractivity contribution < 1.29 is 14.8 Å². The lowest BCUT2D eigenvalue weighted by Gasteiger charge is -2.18. The lowest BCUT2D eigenvalue weighted by Crippen LogP contribution is -2.20. The van der Waals surface area contributed by atoms with Gasteiger partial charge < -0.3 is 15.2 Å². The summed E-state index contributed by atoms with van der Waals surface area (Å²) in [6.07, 6.45) is 1.18. The molecule has 6 heteroatoms. The molecular weight excluding hydrogens is 260 g/mol. The number of hydrogen-bond acceptors (Lipinski definition) is 5. The molecule has 1 unspecified atom stereocenters. The molecule has 0 bridgehead atoms. The van der Waals surface area contributed by atoms with Crippen molar-refractivity contribution in [2.75, 3.05) is 11.9 Å². The Labute approximate surface area is 118 Å². The Kier molecular flexibility index (Phi) is 6.24. The first-order valence-corrected chi connectivity index (χ1v) is 6.81. The standard InChI is InChI=1S/C14H22N2O4/c1-4-11(8-9-17)15-12-6-5-7-13(20-10(2)3)14(12)16(18)19/h5-7,10-11,15,17H,4,8-9H2,1-3H3. The second-order valence-corrected chi connectivity index (χ2v) is 4.84. The molecule has 112 valence electrons. The van der Waals surface area contributed by atoms with Gasteiger partial charge in [0.05, 0.1) is 11.0 Å². The van der Waals surface area contributed by atoms with Gasteiger partial charge in [-0.1, -0.05) is 13.0 Å². The molecule has 0 saturated carbocycles. The lowest BCUT2D eigenvalue weighted by atomic mass is 10.1. The molecule has 1 aromatic carbocycles. The van der Waals surface area contributed by atoms with Crippen molar-refractivity contribution in [2.24, 2.45) is 0 Å². The predicted octanol–water partition coefficient (Wildman–Crippen LogP) is 2.95. The molecule has 0 saturated heterocycles. The van der Waals surface area contributed by atoms with E-state index in [9.17, 15) is 10.1 Å². The van der Waals surface area contributed by atoms with Crippen molar-refractivity contribution >= 4 is 11.4 Å². The zero-order chi connectivity index (χ0) is 15.1. The van der Waals surface area contributed by atoms with Crippen LogP contribution in [-0.4, -0.2) is 28.8 Å². The number of aliphatic hydroxyl groups is 1. The van der Waals surface area contributed by atoms with E-state index in [1.54, 1.807) is 18.2 Å². The van der Waals surface area contributed by atoms with Crippen LogP contribution >= 0.6 is 0 Å². The fraction of sp³-hybridized carbons (Fsp3) is 0.571. The van der Waals surface area contributed by atoms with Crippen molar-refractivity contribution in [1.29, 1.82) is 0 Å². The third-order valence-electron chi connectivity index (χ3n) is 2.87. The van der Waals surface area contributed by atoms with E-state index < -0.39 is 4.92 Å². The molecule has 0 amide bonds. The van der Waals surface area contributed by atoms with Crippen LogP contribution in [0, 0.1) is 10.1 Å². The molecule has 0 heterocycles. The van der Waals surface area contributed by atoms with E-state index in [1.807, 2.05) is 20.8 Å². The van der Waals surface area contributed by atoms with Gasteiger partial charge in [0.25, 0.3) is 0 Å². The molecule has 0 fully saturated rings. The Hall–Kier alpha value is -1.82. The van der Waals surface area contributed by atoms with Gasteiger partial charge in [0.2, 0.25) is 0 Å². The van der Waals surface area contributed by atoms with Gasteiger partial charge in [-0.3, -0.25) is 10.1 Å². The van der Waals surface area contributed by atoms with E-state index in [2.05, 4.69) is 5.32 Å². The molecule has 0 aromatic heterocycles. The van der Waals surface area contributed by atoms with E-state index in [0.717, 1.165) is 6.42 Å². The zero-order valence-corrected chi connectivity index (χ0v) is 12.1. The molecule has 20 heavy (non-hydrogen) atoms. The Balaban J connectivity index is 3.08. The van der Waals surface area contributed by atoms with E-state index >= 15 is 0 Å². The highest BCUT2D eigenvalue weighted by Gasteiger charge is 2.23. The number of nitro benzene ring substituents is 1. The van der Waals surface area contributed by atoms with Crippen molar-refractivity contribution in [3.8, 4) is 5.75 Å². The van der Waals surface area contributed by atoms with Crippen molar-refractivity contribution in [3.05, 3.63) is 28.3 Å². The number of hydrogen-bond donors (Lipinski definition) is 2. The normalized spacial score (nSPS) is 12.2. The van der Waals surface area contributed by atoms with Crippen LogP contribution in [0.15, 0.2) is 18.2 Å². The fourth-order valence-corrected chi connectivity index (χ4v) is 1.93. The molecule has 0 aliphatic carbocycles. The second-order valence-electron chi connectivity index (χ2n) is 4.84. The summed E-state index contributed by atoms with van der Waals surface area (Å²) in [6, 6.07) is 4.97. The number of nitro groups is 1. The minimum absolute atomic E-state index is 0.00648. The topological polar surface area (TPSA) is 84.6 Å². The first-order valence-electron chi connectivity index (χ1n) is 6.81. The highest BCUT2D eigenvalue weighted by atomic mass is 16.6. The summed E-state index contributed by atoms with van der Waals surface area (Å²) >= 11 is 0. The van der Waals surface area contributed by atoms with Gasteiger partial charge >= 0.3 is 5.69 Å². The highest BCUT2D eigenvalue weighted by molar-refractivity contribution is 5.68. The Bertz CT molecular complexity index is 449. The number of nitrogens with one attached hydrogen (secondary N) is 1. The monoisotopic (exact) mass is 282 g/mol. The fourth-order valence-electron chi connectivity index (χ4n) is 1.93. The maximum atomic E-state index is 11.3. The van der Waals surface area contributed by atoms with Crippen LogP contribution in [-0.2, 0) is 0 Å². The summed E-state index contributed by atoms with van der Waals surface area (Å²) in [5.41, 5.74) is 0.367. The Morgan fingerprint density at radius 2 is 2.15 bits per heavy atom. The number of benzene rings is 1. The number of rotatable bonds is 8. The summed E-state index contributed by atoms with van der Waals surface area (Å²) in [6.45, 7) is 5.66.